The van der Waals surface area contributed by atoms with Gasteiger partial charge in [-0.2, -0.15) is 0 Å². The fraction of sp³-hybridized carbons (Fsp3) is 0.136. The Bertz CT molecular complexity index is 1240. The van der Waals surface area contributed by atoms with E-state index in [4.69, 9.17) is 9.47 Å². The second kappa shape index (κ2) is 7.38. The number of rotatable bonds is 4. The first-order chi connectivity index (χ1) is 14.3. The lowest BCUT2D eigenvalue weighted by atomic mass is 10.2. The third-order valence-corrected chi connectivity index (χ3v) is 6.67. The maximum absolute atomic E-state index is 13.2. The molecule has 0 fully saturated rings. The molecule has 0 unspecified atom stereocenters. The Morgan fingerprint density at radius 3 is 2.37 bits per heavy atom. The number of anilines is 2. The van der Waals surface area contributed by atoms with Crippen LogP contribution in [0.15, 0.2) is 65.6 Å². The number of sulfonamides is 1. The summed E-state index contributed by atoms with van der Waals surface area (Å²) in [6.07, 6.45) is 0. The Labute approximate surface area is 174 Å². The summed E-state index contributed by atoms with van der Waals surface area (Å²) in [5.74, 6) is 0.983. The van der Waals surface area contributed by atoms with Gasteiger partial charge in [-0.25, -0.2) is 8.42 Å². The van der Waals surface area contributed by atoms with Gasteiger partial charge in [0.2, 0.25) is 0 Å². The topological polar surface area (TPSA) is 84.9 Å². The number of carbonyl (C=O) groups excluding carboxylic acids is 1. The minimum Gasteiger partial charge on any atom is -0.497 e. The zero-order valence-electron chi connectivity index (χ0n) is 16.7. The number of fused-ring (bicyclic) bond motifs is 2. The van der Waals surface area contributed by atoms with Crippen LogP contribution in [0, 0.1) is 6.92 Å². The molecular formula is C22H20N2O5S. The predicted octanol–water partition coefficient (Wildman–Crippen LogP) is 4.19. The van der Waals surface area contributed by atoms with Gasteiger partial charge >= 0.3 is 0 Å². The molecule has 0 bridgehead atoms. The van der Waals surface area contributed by atoms with Crippen LogP contribution >= 0.6 is 0 Å². The van der Waals surface area contributed by atoms with Gasteiger partial charge in [0.25, 0.3) is 15.9 Å². The van der Waals surface area contributed by atoms with E-state index < -0.39 is 15.9 Å². The first-order valence-electron chi connectivity index (χ1n) is 9.16. The SMILES string of the molecule is COc1ccc(N(C)S(=O)(=O)c2ccc3c(c2)C(=O)Nc2cc(C)ccc2O3)cc1. The lowest BCUT2D eigenvalue weighted by Gasteiger charge is -2.20. The van der Waals surface area contributed by atoms with E-state index in [-0.39, 0.29) is 10.5 Å². The number of amides is 1. The molecule has 0 radical (unpaired) electrons. The summed E-state index contributed by atoms with van der Waals surface area (Å²) >= 11 is 0. The summed E-state index contributed by atoms with van der Waals surface area (Å²) < 4.78 is 38.4. The van der Waals surface area contributed by atoms with Crippen molar-refractivity contribution >= 4 is 27.3 Å². The lowest BCUT2D eigenvalue weighted by Crippen LogP contribution is -2.26. The molecule has 1 aliphatic rings. The number of aryl methyl sites for hydroxylation is 1. The molecule has 1 heterocycles. The van der Waals surface area contributed by atoms with Crippen molar-refractivity contribution < 1.29 is 22.7 Å². The summed E-state index contributed by atoms with van der Waals surface area (Å²) in [5, 5.41) is 2.79. The molecule has 3 aromatic rings. The van der Waals surface area contributed by atoms with Gasteiger partial charge in [0.15, 0.2) is 5.75 Å². The van der Waals surface area contributed by atoms with Crippen molar-refractivity contribution in [3.8, 4) is 17.2 Å². The molecule has 0 saturated carbocycles. The number of hydrogen-bond acceptors (Lipinski definition) is 5. The molecule has 0 aromatic heterocycles. The van der Waals surface area contributed by atoms with Crippen LogP contribution in [0.2, 0.25) is 0 Å². The fourth-order valence-electron chi connectivity index (χ4n) is 3.16. The number of nitrogens with zero attached hydrogens (tertiary/aromatic N) is 1. The van der Waals surface area contributed by atoms with Gasteiger partial charge in [-0.3, -0.25) is 9.10 Å². The Kier molecular flexibility index (Phi) is 4.87. The highest BCUT2D eigenvalue weighted by Crippen LogP contribution is 2.37. The average Bonchev–Trinajstić information content (AvgIpc) is 2.88. The van der Waals surface area contributed by atoms with E-state index in [0.717, 1.165) is 9.87 Å². The van der Waals surface area contributed by atoms with Crippen molar-refractivity contribution in [1.29, 1.82) is 0 Å². The Morgan fingerprint density at radius 2 is 1.67 bits per heavy atom. The molecule has 1 aliphatic heterocycles. The molecule has 4 rings (SSSR count). The van der Waals surface area contributed by atoms with Crippen LogP contribution in [0.3, 0.4) is 0 Å². The quantitative estimate of drug-likeness (QED) is 0.679. The second-order valence-corrected chi connectivity index (χ2v) is 8.85. The second-order valence-electron chi connectivity index (χ2n) is 6.88. The van der Waals surface area contributed by atoms with Crippen LogP contribution in [-0.2, 0) is 10.0 Å². The van der Waals surface area contributed by atoms with Gasteiger partial charge in [-0.05, 0) is 67.1 Å². The number of benzene rings is 3. The molecule has 0 spiro atoms. The summed E-state index contributed by atoms with van der Waals surface area (Å²) in [4.78, 5) is 12.7. The van der Waals surface area contributed by atoms with E-state index >= 15 is 0 Å². The van der Waals surface area contributed by atoms with E-state index in [9.17, 15) is 13.2 Å². The van der Waals surface area contributed by atoms with Crippen molar-refractivity contribution in [2.24, 2.45) is 0 Å². The summed E-state index contributed by atoms with van der Waals surface area (Å²) in [6.45, 7) is 1.91. The largest absolute Gasteiger partial charge is 0.497 e. The van der Waals surface area contributed by atoms with Crippen LogP contribution in [0.25, 0.3) is 0 Å². The van der Waals surface area contributed by atoms with Crippen LogP contribution in [-0.4, -0.2) is 28.5 Å². The summed E-state index contributed by atoms with van der Waals surface area (Å²) in [7, 11) is -0.902. The monoisotopic (exact) mass is 424 g/mol. The molecule has 154 valence electrons. The molecule has 8 heteroatoms. The number of nitrogens with one attached hydrogen (secondary N) is 1. The molecule has 0 atom stereocenters. The third kappa shape index (κ3) is 3.46. The van der Waals surface area contributed by atoms with Gasteiger partial charge in [0.1, 0.15) is 11.5 Å². The maximum Gasteiger partial charge on any atom is 0.264 e. The smallest absolute Gasteiger partial charge is 0.264 e. The molecule has 30 heavy (non-hydrogen) atoms. The average molecular weight is 424 g/mol. The van der Waals surface area contributed by atoms with Crippen LogP contribution in [0.4, 0.5) is 11.4 Å². The first-order valence-corrected chi connectivity index (χ1v) is 10.6. The van der Waals surface area contributed by atoms with Gasteiger partial charge in [-0.15, -0.1) is 0 Å². The predicted molar refractivity (Wildman–Crippen MR) is 114 cm³/mol. The van der Waals surface area contributed by atoms with Gasteiger partial charge in [0.05, 0.1) is 28.9 Å². The summed E-state index contributed by atoms with van der Waals surface area (Å²) in [6, 6.07) is 16.4. The standard InChI is InChI=1S/C22H20N2O5S/c1-14-4-10-21-19(12-14)23-22(25)18-13-17(9-11-20(18)29-21)30(26,27)24(2)15-5-7-16(28-3)8-6-15/h4-13H,1-3H3,(H,23,25). The summed E-state index contributed by atoms with van der Waals surface area (Å²) in [5.41, 5.74) is 2.12. The van der Waals surface area contributed by atoms with Crippen molar-refractivity contribution in [2.45, 2.75) is 11.8 Å². The molecule has 7 nitrogen and oxygen atoms in total. The number of ether oxygens (including phenoxy) is 2. The van der Waals surface area contributed by atoms with Crippen molar-refractivity contribution in [2.75, 3.05) is 23.8 Å². The molecule has 1 N–H and O–H groups in total. The molecule has 1 amide bonds. The Balaban J connectivity index is 1.70. The van der Waals surface area contributed by atoms with E-state index in [1.807, 2.05) is 13.0 Å². The lowest BCUT2D eigenvalue weighted by molar-refractivity contribution is 0.102. The minimum atomic E-state index is -3.90. The molecule has 0 aliphatic carbocycles. The number of methoxy groups -OCH3 is 1. The molecule has 0 saturated heterocycles. The van der Waals surface area contributed by atoms with Crippen LogP contribution in [0.5, 0.6) is 17.2 Å². The van der Waals surface area contributed by atoms with Gasteiger partial charge in [0, 0.05) is 7.05 Å². The number of hydrogen-bond donors (Lipinski definition) is 1. The Hall–Kier alpha value is -3.52. The van der Waals surface area contributed by atoms with E-state index in [1.165, 1.54) is 32.4 Å². The maximum atomic E-state index is 13.2. The van der Waals surface area contributed by atoms with E-state index in [2.05, 4.69) is 5.32 Å². The molecule has 3 aromatic carbocycles. The Morgan fingerprint density at radius 1 is 0.967 bits per heavy atom. The highest BCUT2D eigenvalue weighted by atomic mass is 32.2. The van der Waals surface area contributed by atoms with Crippen molar-refractivity contribution in [1.82, 2.24) is 0 Å². The van der Waals surface area contributed by atoms with E-state index in [0.29, 0.717) is 28.6 Å². The zero-order valence-corrected chi connectivity index (χ0v) is 17.5. The van der Waals surface area contributed by atoms with Crippen molar-refractivity contribution in [3.05, 3.63) is 71.8 Å². The number of carbonyl (C=O) groups is 1. The highest BCUT2D eigenvalue weighted by Gasteiger charge is 2.27. The first kappa shape index (κ1) is 19.8. The minimum absolute atomic E-state index is 0.0135. The highest BCUT2D eigenvalue weighted by molar-refractivity contribution is 7.92. The fourth-order valence-corrected chi connectivity index (χ4v) is 4.39. The van der Waals surface area contributed by atoms with Crippen LogP contribution < -0.4 is 19.1 Å². The normalized spacial score (nSPS) is 12.7. The molecular weight excluding hydrogens is 404 g/mol. The third-order valence-electron chi connectivity index (χ3n) is 4.89. The van der Waals surface area contributed by atoms with Gasteiger partial charge in [-0.1, -0.05) is 6.07 Å². The van der Waals surface area contributed by atoms with Crippen LogP contribution in [0.1, 0.15) is 15.9 Å². The van der Waals surface area contributed by atoms with Crippen molar-refractivity contribution in [3.63, 3.8) is 0 Å². The zero-order chi connectivity index (χ0) is 21.5. The van der Waals surface area contributed by atoms with E-state index in [1.54, 1.807) is 36.4 Å². The van der Waals surface area contributed by atoms with Gasteiger partial charge < -0.3 is 14.8 Å².